The summed E-state index contributed by atoms with van der Waals surface area (Å²) in [5, 5.41) is 13.2. The number of fused-ring (bicyclic) bond motifs is 1. The van der Waals surface area contributed by atoms with Gasteiger partial charge in [-0.15, -0.1) is 10.2 Å². The van der Waals surface area contributed by atoms with Crippen LogP contribution in [0.1, 0.15) is 22.3 Å². The fourth-order valence-electron chi connectivity index (χ4n) is 2.99. The lowest BCUT2D eigenvalue weighted by atomic mass is 10.0. The van der Waals surface area contributed by atoms with Gasteiger partial charge >= 0.3 is 0 Å². The minimum Gasteiger partial charge on any atom is -0.381 e. The van der Waals surface area contributed by atoms with Gasteiger partial charge in [-0.05, 0) is 19.1 Å². The van der Waals surface area contributed by atoms with Gasteiger partial charge in [-0.25, -0.2) is 4.98 Å². The van der Waals surface area contributed by atoms with E-state index < -0.39 is 0 Å². The van der Waals surface area contributed by atoms with Gasteiger partial charge in [-0.1, -0.05) is 59.9 Å². The van der Waals surface area contributed by atoms with Gasteiger partial charge in [0.05, 0.1) is 23.4 Å². The Hall–Kier alpha value is -3.16. The standard InChI is InChI=1S/C22H20N4O2S/c1-2-28-13-12-20-25-26-22(29-20)24-21(27)17-14-19(15-8-4-3-5-9-15)23-18-11-7-6-10-16(17)18/h3-11,14H,2,12-13H2,1H3,(H,24,26,27). The number of anilines is 1. The second-order valence-corrected chi connectivity index (χ2v) is 7.40. The molecule has 29 heavy (non-hydrogen) atoms. The monoisotopic (exact) mass is 404 g/mol. The maximum absolute atomic E-state index is 13.1. The zero-order valence-corrected chi connectivity index (χ0v) is 16.8. The predicted molar refractivity (Wildman–Crippen MR) is 115 cm³/mol. The average molecular weight is 404 g/mol. The molecule has 0 radical (unpaired) electrons. The molecule has 4 rings (SSSR count). The molecule has 4 aromatic rings. The van der Waals surface area contributed by atoms with Gasteiger partial charge in [-0.2, -0.15) is 0 Å². The Morgan fingerprint density at radius 1 is 1.07 bits per heavy atom. The molecule has 0 unspecified atom stereocenters. The van der Waals surface area contributed by atoms with Crippen LogP contribution in [0.3, 0.4) is 0 Å². The summed E-state index contributed by atoms with van der Waals surface area (Å²) in [4.78, 5) is 17.8. The number of amides is 1. The summed E-state index contributed by atoms with van der Waals surface area (Å²) in [6, 6.07) is 19.3. The SMILES string of the molecule is CCOCCc1nnc(NC(=O)c2cc(-c3ccccc3)nc3ccccc23)s1. The first-order chi connectivity index (χ1) is 14.2. The summed E-state index contributed by atoms with van der Waals surface area (Å²) >= 11 is 1.36. The Balaban J connectivity index is 1.63. The van der Waals surface area contributed by atoms with Crippen LogP contribution in [0.25, 0.3) is 22.2 Å². The van der Waals surface area contributed by atoms with Gasteiger partial charge in [0.1, 0.15) is 5.01 Å². The zero-order valence-electron chi connectivity index (χ0n) is 16.0. The number of rotatable bonds is 7. The lowest BCUT2D eigenvalue weighted by Crippen LogP contribution is -2.13. The Kier molecular flexibility index (Phi) is 5.88. The predicted octanol–water partition coefficient (Wildman–Crippen LogP) is 4.58. The van der Waals surface area contributed by atoms with Gasteiger partial charge in [0.25, 0.3) is 5.91 Å². The highest BCUT2D eigenvalue weighted by Crippen LogP contribution is 2.26. The van der Waals surface area contributed by atoms with Crippen molar-refractivity contribution in [2.75, 3.05) is 18.5 Å². The van der Waals surface area contributed by atoms with E-state index in [0.29, 0.717) is 30.3 Å². The van der Waals surface area contributed by atoms with Gasteiger partial charge in [0, 0.05) is 24.0 Å². The van der Waals surface area contributed by atoms with E-state index in [4.69, 9.17) is 9.72 Å². The van der Waals surface area contributed by atoms with Crippen LogP contribution in [0.4, 0.5) is 5.13 Å². The molecule has 1 N–H and O–H groups in total. The quantitative estimate of drug-likeness (QED) is 0.456. The Labute approximate surface area is 172 Å². The van der Waals surface area contributed by atoms with Crippen molar-refractivity contribution in [2.45, 2.75) is 13.3 Å². The largest absolute Gasteiger partial charge is 0.381 e. The van der Waals surface area contributed by atoms with E-state index in [9.17, 15) is 4.79 Å². The molecule has 146 valence electrons. The summed E-state index contributed by atoms with van der Waals surface area (Å²) in [6.45, 7) is 3.21. The van der Waals surface area contributed by atoms with Gasteiger partial charge < -0.3 is 4.74 Å². The lowest BCUT2D eigenvalue weighted by Gasteiger charge is -2.09. The Morgan fingerprint density at radius 2 is 1.86 bits per heavy atom. The van der Waals surface area contributed by atoms with Crippen molar-refractivity contribution in [2.24, 2.45) is 0 Å². The van der Waals surface area contributed by atoms with E-state index in [-0.39, 0.29) is 5.91 Å². The molecule has 0 aliphatic heterocycles. The molecule has 0 spiro atoms. The van der Waals surface area contributed by atoms with Crippen molar-refractivity contribution in [1.82, 2.24) is 15.2 Å². The molecular formula is C22H20N4O2S. The van der Waals surface area contributed by atoms with Crippen molar-refractivity contribution >= 4 is 33.3 Å². The molecule has 0 aliphatic carbocycles. The van der Waals surface area contributed by atoms with Gasteiger partial charge in [-0.3, -0.25) is 10.1 Å². The van der Waals surface area contributed by atoms with Crippen LogP contribution in [0.15, 0.2) is 60.7 Å². The fourth-order valence-corrected chi connectivity index (χ4v) is 3.71. The molecular weight excluding hydrogens is 384 g/mol. The minimum atomic E-state index is -0.228. The smallest absolute Gasteiger partial charge is 0.258 e. The summed E-state index contributed by atoms with van der Waals surface area (Å²) < 4.78 is 5.35. The molecule has 2 aromatic carbocycles. The fraction of sp³-hybridized carbons (Fsp3) is 0.182. The van der Waals surface area contributed by atoms with Crippen LogP contribution in [0.2, 0.25) is 0 Å². The Bertz CT molecular complexity index is 1130. The summed E-state index contributed by atoms with van der Waals surface area (Å²) in [5.74, 6) is -0.228. The topological polar surface area (TPSA) is 77.0 Å². The highest BCUT2D eigenvalue weighted by atomic mass is 32.1. The third kappa shape index (κ3) is 4.47. The number of carbonyl (C=O) groups is 1. The molecule has 0 fully saturated rings. The highest BCUT2D eigenvalue weighted by molar-refractivity contribution is 7.15. The molecule has 0 saturated heterocycles. The molecule has 0 saturated carbocycles. The molecule has 6 nitrogen and oxygen atoms in total. The number of aromatic nitrogens is 3. The number of nitrogens with zero attached hydrogens (tertiary/aromatic N) is 3. The second kappa shape index (κ2) is 8.89. The van der Waals surface area contributed by atoms with Crippen molar-refractivity contribution in [3.63, 3.8) is 0 Å². The molecule has 2 heterocycles. The molecule has 1 amide bonds. The van der Waals surface area contributed by atoms with E-state index in [1.54, 1.807) is 0 Å². The van der Waals surface area contributed by atoms with E-state index >= 15 is 0 Å². The van der Waals surface area contributed by atoms with Crippen LogP contribution in [0.5, 0.6) is 0 Å². The number of hydrogen-bond donors (Lipinski definition) is 1. The van der Waals surface area contributed by atoms with Crippen molar-refractivity contribution in [1.29, 1.82) is 0 Å². The normalized spacial score (nSPS) is 10.9. The molecule has 2 aromatic heterocycles. The van der Waals surface area contributed by atoms with Crippen LogP contribution in [-0.2, 0) is 11.2 Å². The van der Waals surface area contributed by atoms with Crippen molar-refractivity contribution in [3.05, 3.63) is 71.2 Å². The number of benzene rings is 2. The number of ether oxygens (including phenoxy) is 1. The maximum Gasteiger partial charge on any atom is 0.258 e. The highest BCUT2D eigenvalue weighted by Gasteiger charge is 2.16. The van der Waals surface area contributed by atoms with Crippen LogP contribution < -0.4 is 5.32 Å². The van der Waals surface area contributed by atoms with E-state index in [1.165, 1.54) is 11.3 Å². The van der Waals surface area contributed by atoms with Crippen molar-refractivity contribution < 1.29 is 9.53 Å². The third-order valence-corrected chi connectivity index (χ3v) is 5.28. The molecule has 0 bridgehead atoms. The average Bonchev–Trinajstić information content (AvgIpc) is 3.21. The van der Waals surface area contributed by atoms with Crippen LogP contribution >= 0.6 is 11.3 Å². The first-order valence-electron chi connectivity index (χ1n) is 9.41. The van der Waals surface area contributed by atoms with E-state index in [0.717, 1.165) is 27.2 Å². The Morgan fingerprint density at radius 3 is 2.69 bits per heavy atom. The summed E-state index contributed by atoms with van der Waals surface area (Å²) in [5.41, 5.74) is 3.04. The first-order valence-corrected chi connectivity index (χ1v) is 10.2. The van der Waals surface area contributed by atoms with E-state index in [2.05, 4.69) is 15.5 Å². The van der Waals surface area contributed by atoms with Crippen LogP contribution in [-0.4, -0.2) is 34.3 Å². The molecule has 0 aliphatic rings. The van der Waals surface area contributed by atoms with Crippen LogP contribution in [0, 0.1) is 0 Å². The summed E-state index contributed by atoms with van der Waals surface area (Å²) in [6.07, 6.45) is 0.678. The molecule has 0 atom stereocenters. The number of hydrogen-bond acceptors (Lipinski definition) is 6. The third-order valence-electron chi connectivity index (χ3n) is 4.38. The lowest BCUT2D eigenvalue weighted by molar-refractivity contribution is 0.102. The zero-order chi connectivity index (χ0) is 20.1. The van der Waals surface area contributed by atoms with Gasteiger partial charge in [0.2, 0.25) is 5.13 Å². The summed E-state index contributed by atoms with van der Waals surface area (Å²) in [7, 11) is 0. The number of carbonyl (C=O) groups excluding carboxylic acids is 1. The maximum atomic E-state index is 13.1. The molecule has 7 heteroatoms. The minimum absolute atomic E-state index is 0.228. The van der Waals surface area contributed by atoms with Gasteiger partial charge in [0.15, 0.2) is 0 Å². The number of para-hydroxylation sites is 1. The number of pyridine rings is 1. The van der Waals surface area contributed by atoms with E-state index in [1.807, 2.05) is 67.6 Å². The number of nitrogens with one attached hydrogen (secondary N) is 1. The second-order valence-electron chi connectivity index (χ2n) is 6.34. The first kappa shape index (κ1) is 19.2. The van der Waals surface area contributed by atoms with Crippen molar-refractivity contribution in [3.8, 4) is 11.3 Å².